The Kier molecular flexibility index (Phi) is 3.77. The fourth-order valence-electron chi connectivity index (χ4n) is 2.09. The first kappa shape index (κ1) is 14.8. The van der Waals surface area contributed by atoms with Gasteiger partial charge in [-0.25, -0.2) is 0 Å². The van der Waals surface area contributed by atoms with Crippen LogP contribution in [0.5, 0.6) is 0 Å². The minimum atomic E-state index is -0.348. The average Bonchev–Trinajstić information content (AvgIpc) is 2.37. The summed E-state index contributed by atoms with van der Waals surface area (Å²) in [7, 11) is 6.09. The Labute approximate surface area is 123 Å². The molecular formula is C18H22BN. The van der Waals surface area contributed by atoms with Crippen molar-refractivity contribution in [3.8, 4) is 11.3 Å². The first-order chi connectivity index (χ1) is 9.18. The summed E-state index contributed by atoms with van der Waals surface area (Å²) in [5.41, 5.74) is 4.66. The lowest BCUT2D eigenvalue weighted by Gasteiger charge is -2.20. The highest BCUT2D eigenvalue weighted by atomic mass is 14.7. The molecule has 0 aliphatic carbocycles. The Morgan fingerprint density at radius 2 is 1.60 bits per heavy atom. The van der Waals surface area contributed by atoms with E-state index in [1.54, 1.807) is 0 Å². The van der Waals surface area contributed by atoms with Crippen LogP contribution < -0.4 is 0 Å². The number of aromatic nitrogens is 1. The molecule has 0 atom stereocenters. The molecule has 20 heavy (non-hydrogen) atoms. The van der Waals surface area contributed by atoms with E-state index in [0.29, 0.717) is 0 Å². The van der Waals surface area contributed by atoms with Gasteiger partial charge in [0, 0.05) is 11.8 Å². The van der Waals surface area contributed by atoms with E-state index in [-0.39, 0.29) is 10.7 Å². The molecule has 0 aliphatic rings. The lowest BCUT2D eigenvalue weighted by Crippen LogP contribution is -2.16. The van der Waals surface area contributed by atoms with Crippen molar-refractivity contribution >= 4 is 7.85 Å². The van der Waals surface area contributed by atoms with Gasteiger partial charge in [0.05, 0.1) is 13.5 Å². The zero-order valence-electron chi connectivity index (χ0n) is 13.1. The van der Waals surface area contributed by atoms with E-state index in [1.807, 2.05) is 26.1 Å². The summed E-state index contributed by atoms with van der Waals surface area (Å²) in [5.74, 6) is 0. The van der Waals surface area contributed by atoms with Crippen LogP contribution in [0.1, 0.15) is 45.7 Å². The fraction of sp³-hybridized carbons (Fsp3) is 0.389. The second-order valence-corrected chi connectivity index (χ2v) is 6.98. The van der Waals surface area contributed by atoms with Crippen LogP contribution in [0.4, 0.5) is 0 Å². The molecule has 2 radical (unpaired) electrons. The second kappa shape index (κ2) is 5.08. The van der Waals surface area contributed by atoms with Crippen molar-refractivity contribution in [3.05, 3.63) is 53.7 Å². The lowest BCUT2D eigenvalue weighted by atomic mass is 9.68. The minimum absolute atomic E-state index is 0.148. The van der Waals surface area contributed by atoms with Crippen LogP contribution in [0.3, 0.4) is 0 Å². The van der Waals surface area contributed by atoms with Gasteiger partial charge in [-0.05, 0) is 34.0 Å². The van der Waals surface area contributed by atoms with Crippen molar-refractivity contribution in [2.24, 2.45) is 0 Å². The summed E-state index contributed by atoms with van der Waals surface area (Å²) in [6, 6.07) is 12.7. The van der Waals surface area contributed by atoms with Gasteiger partial charge < -0.3 is 0 Å². The monoisotopic (exact) mass is 263 g/mol. The molecule has 0 N–H and O–H groups in total. The van der Waals surface area contributed by atoms with Crippen molar-refractivity contribution in [1.29, 1.82) is 0 Å². The molecule has 2 aromatic rings. The van der Waals surface area contributed by atoms with E-state index in [1.165, 1.54) is 5.56 Å². The fourth-order valence-corrected chi connectivity index (χ4v) is 2.09. The van der Waals surface area contributed by atoms with Crippen LogP contribution in [0, 0.1) is 0 Å². The summed E-state index contributed by atoms with van der Waals surface area (Å²) in [6.07, 6.45) is 1.87. The minimum Gasteiger partial charge on any atom is -0.256 e. The molecule has 1 nitrogen and oxygen atoms in total. The molecule has 2 rings (SSSR count). The molecular weight excluding hydrogens is 241 g/mol. The maximum absolute atomic E-state index is 6.09. The molecule has 102 valence electrons. The first-order valence-electron chi connectivity index (χ1n) is 7.04. The van der Waals surface area contributed by atoms with Crippen molar-refractivity contribution < 1.29 is 0 Å². The number of nitrogens with zero attached hydrogens (tertiary/aromatic N) is 1. The third kappa shape index (κ3) is 3.30. The maximum Gasteiger partial charge on any atom is 0.0803 e. The van der Waals surface area contributed by atoms with Crippen molar-refractivity contribution in [2.75, 3.05) is 0 Å². The highest BCUT2D eigenvalue weighted by Gasteiger charge is 2.15. The molecule has 0 saturated heterocycles. The third-order valence-electron chi connectivity index (χ3n) is 3.53. The Morgan fingerprint density at radius 1 is 0.900 bits per heavy atom. The highest BCUT2D eigenvalue weighted by Crippen LogP contribution is 2.27. The van der Waals surface area contributed by atoms with Crippen molar-refractivity contribution in [1.82, 2.24) is 4.98 Å². The summed E-state index contributed by atoms with van der Waals surface area (Å²) in [5, 5.41) is -0.348. The summed E-state index contributed by atoms with van der Waals surface area (Å²) in [4.78, 5) is 4.56. The zero-order chi connectivity index (χ0) is 15.0. The molecule has 1 aromatic heterocycles. The largest absolute Gasteiger partial charge is 0.256 e. The standard InChI is InChI=1S/C18H22BN/c1-17(2,3)14-8-6-7-13(11-14)16-10-9-15(12-20-16)18(4,5)19/h6-12H,1-5H3. The molecule has 0 saturated carbocycles. The summed E-state index contributed by atoms with van der Waals surface area (Å²) in [6.45, 7) is 10.6. The molecule has 1 heterocycles. The van der Waals surface area contributed by atoms with E-state index in [2.05, 4.69) is 56.1 Å². The predicted molar refractivity (Wildman–Crippen MR) is 87.2 cm³/mol. The third-order valence-corrected chi connectivity index (χ3v) is 3.53. The quantitative estimate of drug-likeness (QED) is 0.729. The van der Waals surface area contributed by atoms with Gasteiger partial charge in [-0.3, -0.25) is 4.98 Å². The molecule has 0 unspecified atom stereocenters. The lowest BCUT2D eigenvalue weighted by molar-refractivity contribution is 0.590. The van der Waals surface area contributed by atoms with Crippen LogP contribution in [0.25, 0.3) is 11.3 Å². The smallest absolute Gasteiger partial charge is 0.0803 e. The van der Waals surface area contributed by atoms with E-state index in [4.69, 9.17) is 7.85 Å². The van der Waals surface area contributed by atoms with Gasteiger partial charge in [0.2, 0.25) is 0 Å². The van der Waals surface area contributed by atoms with Crippen molar-refractivity contribution in [3.63, 3.8) is 0 Å². The van der Waals surface area contributed by atoms with Crippen LogP contribution in [0.15, 0.2) is 42.6 Å². The predicted octanol–water partition coefficient (Wildman–Crippen LogP) is 4.45. The summed E-state index contributed by atoms with van der Waals surface area (Å²) < 4.78 is 0. The van der Waals surface area contributed by atoms with Gasteiger partial charge in [-0.1, -0.05) is 58.9 Å². The zero-order valence-corrected chi connectivity index (χ0v) is 13.1. The second-order valence-electron chi connectivity index (χ2n) is 6.98. The Hall–Kier alpha value is -1.57. The van der Waals surface area contributed by atoms with Crippen LogP contribution in [-0.4, -0.2) is 12.8 Å². The van der Waals surface area contributed by atoms with Crippen LogP contribution >= 0.6 is 0 Å². The van der Waals surface area contributed by atoms with Gasteiger partial charge >= 0.3 is 0 Å². The van der Waals surface area contributed by atoms with E-state index in [9.17, 15) is 0 Å². The highest BCUT2D eigenvalue weighted by molar-refractivity contribution is 6.15. The maximum atomic E-state index is 6.09. The van der Waals surface area contributed by atoms with Gasteiger partial charge in [0.1, 0.15) is 0 Å². The molecule has 0 bridgehead atoms. The molecule has 0 amide bonds. The van der Waals surface area contributed by atoms with Gasteiger partial charge in [0.25, 0.3) is 0 Å². The van der Waals surface area contributed by atoms with E-state index >= 15 is 0 Å². The average molecular weight is 263 g/mol. The Bertz CT molecular complexity index is 586. The molecule has 2 heteroatoms. The number of benzene rings is 1. The topological polar surface area (TPSA) is 12.9 Å². The normalized spacial score (nSPS) is 12.4. The molecule has 0 fully saturated rings. The number of hydrogen-bond donors (Lipinski definition) is 0. The van der Waals surface area contributed by atoms with Gasteiger partial charge in [-0.15, -0.1) is 0 Å². The SMILES string of the molecule is [B]C(C)(C)c1ccc(-c2cccc(C(C)(C)C)c2)nc1. The van der Waals surface area contributed by atoms with E-state index in [0.717, 1.165) is 16.8 Å². The van der Waals surface area contributed by atoms with Gasteiger partial charge in [-0.2, -0.15) is 0 Å². The summed E-state index contributed by atoms with van der Waals surface area (Å²) >= 11 is 0. The molecule has 0 aliphatic heterocycles. The number of rotatable bonds is 2. The van der Waals surface area contributed by atoms with Gasteiger partial charge in [0.15, 0.2) is 0 Å². The first-order valence-corrected chi connectivity index (χ1v) is 7.04. The number of pyridine rings is 1. The van der Waals surface area contributed by atoms with E-state index < -0.39 is 0 Å². The van der Waals surface area contributed by atoms with Crippen LogP contribution in [-0.2, 0) is 10.7 Å². The number of hydrogen-bond acceptors (Lipinski definition) is 1. The van der Waals surface area contributed by atoms with Crippen LogP contribution in [0.2, 0.25) is 0 Å². The molecule has 0 spiro atoms. The van der Waals surface area contributed by atoms with Crippen molar-refractivity contribution in [2.45, 2.75) is 45.3 Å². The molecule has 1 aromatic carbocycles. The Balaban J connectivity index is 2.38. The Morgan fingerprint density at radius 3 is 2.10 bits per heavy atom.